The minimum Gasteiger partial charge on any atom is -0.382 e. The first-order valence-electron chi connectivity index (χ1n) is 11.0. The Kier molecular flexibility index (Phi) is 6.79. The molecule has 0 radical (unpaired) electrons. The van der Waals surface area contributed by atoms with Crippen LogP contribution in [0.5, 0.6) is 0 Å². The van der Waals surface area contributed by atoms with Crippen LogP contribution in [0.25, 0.3) is 10.9 Å². The number of nitrogens with zero attached hydrogens (tertiary/aromatic N) is 1. The number of hydrogen-bond donors (Lipinski definition) is 2. The number of nitrogens with one attached hydrogen (secondary N) is 2. The minimum absolute atomic E-state index is 0.0233. The van der Waals surface area contributed by atoms with E-state index < -0.39 is 11.9 Å². The van der Waals surface area contributed by atoms with Crippen molar-refractivity contribution in [1.29, 1.82) is 0 Å². The van der Waals surface area contributed by atoms with Crippen molar-refractivity contribution < 1.29 is 18.0 Å². The number of alkyl halides is 3. The number of rotatable bonds is 5. The van der Waals surface area contributed by atoms with E-state index >= 15 is 0 Å². The highest BCUT2D eigenvalue weighted by Gasteiger charge is 2.34. The summed E-state index contributed by atoms with van der Waals surface area (Å²) in [5.74, 6) is 0.166. The number of benzene rings is 2. The molecule has 4 rings (SSSR count). The Bertz CT molecular complexity index is 1130. The second-order valence-electron chi connectivity index (χ2n) is 8.60. The van der Waals surface area contributed by atoms with E-state index in [4.69, 9.17) is 11.6 Å². The number of para-hydroxylation sites is 1. The van der Waals surface area contributed by atoms with Crippen molar-refractivity contribution in [2.45, 2.75) is 50.9 Å². The summed E-state index contributed by atoms with van der Waals surface area (Å²) >= 11 is 5.88. The van der Waals surface area contributed by atoms with E-state index in [0.29, 0.717) is 27.2 Å². The van der Waals surface area contributed by atoms with E-state index in [1.54, 1.807) is 48.5 Å². The van der Waals surface area contributed by atoms with E-state index in [0.717, 1.165) is 31.7 Å². The standard InChI is InChI=1S/C25H25ClF3N3O/c1-15(30-22-14-23(25(27,28)29)32-21-5-3-2-4-20(21)22)16-8-12-19(13-9-16)31-24(33)17-6-10-18(26)11-7-17/h2-7,10-11,14-16,19H,8-9,12-13H2,1H3,(H,30,32)(H,31,33)/t15-,16-,19+/m0/s1. The zero-order valence-corrected chi connectivity index (χ0v) is 18.9. The monoisotopic (exact) mass is 475 g/mol. The van der Waals surface area contributed by atoms with Crippen molar-refractivity contribution in [3.8, 4) is 0 Å². The van der Waals surface area contributed by atoms with E-state index in [-0.39, 0.29) is 23.9 Å². The fourth-order valence-electron chi connectivity index (χ4n) is 4.44. The SMILES string of the molecule is C[C@H](Nc1cc(C(F)(F)F)nc2ccccc12)[C@H]1CC[C@@H](NC(=O)c2ccc(Cl)cc2)CC1. The van der Waals surface area contributed by atoms with Crippen LogP contribution in [0.15, 0.2) is 54.6 Å². The molecule has 1 saturated carbocycles. The lowest BCUT2D eigenvalue weighted by molar-refractivity contribution is -0.140. The van der Waals surface area contributed by atoms with Crippen LogP contribution < -0.4 is 10.6 Å². The molecular formula is C25H25ClF3N3O. The van der Waals surface area contributed by atoms with Gasteiger partial charge in [-0.3, -0.25) is 4.79 Å². The quantitative estimate of drug-likeness (QED) is 0.432. The number of amides is 1. The molecule has 4 nitrogen and oxygen atoms in total. The molecule has 33 heavy (non-hydrogen) atoms. The van der Waals surface area contributed by atoms with Gasteiger partial charge in [0.2, 0.25) is 0 Å². The molecule has 1 aliphatic carbocycles. The maximum absolute atomic E-state index is 13.3. The molecule has 0 aliphatic heterocycles. The van der Waals surface area contributed by atoms with Crippen molar-refractivity contribution in [3.63, 3.8) is 0 Å². The van der Waals surface area contributed by atoms with Gasteiger partial charge in [0, 0.05) is 33.7 Å². The van der Waals surface area contributed by atoms with Gasteiger partial charge in [-0.15, -0.1) is 0 Å². The first kappa shape index (κ1) is 23.4. The van der Waals surface area contributed by atoms with E-state index in [9.17, 15) is 18.0 Å². The first-order chi connectivity index (χ1) is 15.7. The zero-order valence-electron chi connectivity index (χ0n) is 18.1. The lowest BCUT2D eigenvalue weighted by Gasteiger charge is -2.33. The third-order valence-electron chi connectivity index (χ3n) is 6.31. The maximum Gasteiger partial charge on any atom is 0.433 e. The van der Waals surface area contributed by atoms with E-state index in [2.05, 4.69) is 15.6 Å². The molecule has 1 amide bonds. The largest absolute Gasteiger partial charge is 0.433 e. The summed E-state index contributed by atoms with van der Waals surface area (Å²) in [6.45, 7) is 2.00. The van der Waals surface area contributed by atoms with Gasteiger partial charge >= 0.3 is 6.18 Å². The second kappa shape index (κ2) is 9.59. The van der Waals surface area contributed by atoms with Gasteiger partial charge in [0.25, 0.3) is 5.91 Å². The number of carbonyl (C=O) groups is 1. The molecule has 0 bridgehead atoms. The summed E-state index contributed by atoms with van der Waals surface area (Å²) < 4.78 is 40.0. The fourth-order valence-corrected chi connectivity index (χ4v) is 4.56. The van der Waals surface area contributed by atoms with Gasteiger partial charge < -0.3 is 10.6 Å². The highest BCUT2D eigenvalue weighted by molar-refractivity contribution is 6.30. The third kappa shape index (κ3) is 5.58. The average Bonchev–Trinajstić information content (AvgIpc) is 2.79. The Morgan fingerprint density at radius 1 is 1.06 bits per heavy atom. The number of aromatic nitrogens is 1. The van der Waals surface area contributed by atoms with Gasteiger partial charge in [0.05, 0.1) is 5.52 Å². The highest BCUT2D eigenvalue weighted by Crippen LogP contribution is 2.35. The summed E-state index contributed by atoms with van der Waals surface area (Å²) in [6, 6.07) is 14.8. The molecule has 0 spiro atoms. The van der Waals surface area contributed by atoms with Crippen molar-refractivity contribution in [3.05, 3.63) is 70.9 Å². The van der Waals surface area contributed by atoms with Crippen LogP contribution in [-0.2, 0) is 6.18 Å². The Labute approximate surface area is 195 Å². The van der Waals surface area contributed by atoms with Crippen LogP contribution in [0.4, 0.5) is 18.9 Å². The number of hydrogen-bond acceptors (Lipinski definition) is 3. The maximum atomic E-state index is 13.3. The van der Waals surface area contributed by atoms with Crippen molar-refractivity contribution in [1.82, 2.24) is 10.3 Å². The predicted octanol–water partition coefficient (Wildman–Crippen LogP) is 6.70. The molecule has 1 fully saturated rings. The zero-order chi connectivity index (χ0) is 23.6. The molecule has 8 heteroatoms. The van der Waals surface area contributed by atoms with Crippen LogP contribution in [-0.4, -0.2) is 23.0 Å². The Hall–Kier alpha value is -2.80. The molecule has 1 aromatic heterocycles. The molecular weight excluding hydrogens is 451 g/mol. The van der Waals surface area contributed by atoms with Gasteiger partial charge in [0.1, 0.15) is 5.69 Å². The Morgan fingerprint density at radius 2 is 1.73 bits per heavy atom. The summed E-state index contributed by atoms with van der Waals surface area (Å²) in [7, 11) is 0. The summed E-state index contributed by atoms with van der Waals surface area (Å²) in [5.41, 5.74) is 0.431. The summed E-state index contributed by atoms with van der Waals surface area (Å²) in [5, 5.41) is 7.64. The van der Waals surface area contributed by atoms with Gasteiger partial charge in [-0.1, -0.05) is 29.8 Å². The smallest absolute Gasteiger partial charge is 0.382 e. The normalized spacial score (nSPS) is 19.8. The number of carbonyl (C=O) groups excluding carboxylic acids is 1. The molecule has 3 aromatic rings. The Balaban J connectivity index is 1.39. The van der Waals surface area contributed by atoms with Gasteiger partial charge in [-0.05, 0) is 74.9 Å². The molecule has 1 atom stereocenters. The fraction of sp³-hybridized carbons (Fsp3) is 0.360. The minimum atomic E-state index is -4.51. The van der Waals surface area contributed by atoms with E-state index in [1.165, 1.54) is 0 Å². The van der Waals surface area contributed by atoms with Crippen molar-refractivity contribution >= 4 is 34.1 Å². The van der Waals surface area contributed by atoms with Crippen LogP contribution in [0.1, 0.15) is 48.7 Å². The first-order valence-corrected chi connectivity index (χ1v) is 11.4. The molecule has 1 aliphatic rings. The summed E-state index contributed by atoms with van der Waals surface area (Å²) in [6.07, 6.45) is -1.13. The topological polar surface area (TPSA) is 54.0 Å². The van der Waals surface area contributed by atoms with Gasteiger partial charge in [-0.25, -0.2) is 4.98 Å². The van der Waals surface area contributed by atoms with E-state index in [1.807, 2.05) is 6.92 Å². The van der Waals surface area contributed by atoms with Crippen LogP contribution >= 0.6 is 11.6 Å². The average molecular weight is 476 g/mol. The molecule has 174 valence electrons. The Morgan fingerprint density at radius 3 is 2.39 bits per heavy atom. The van der Waals surface area contributed by atoms with Crippen LogP contribution in [0, 0.1) is 5.92 Å². The third-order valence-corrected chi connectivity index (χ3v) is 6.56. The van der Waals surface area contributed by atoms with Gasteiger partial charge in [0.15, 0.2) is 0 Å². The molecule has 2 N–H and O–H groups in total. The number of anilines is 1. The molecule has 2 aromatic carbocycles. The van der Waals surface area contributed by atoms with Crippen LogP contribution in [0.2, 0.25) is 5.02 Å². The predicted molar refractivity (Wildman–Crippen MR) is 124 cm³/mol. The molecule has 0 saturated heterocycles. The van der Waals surface area contributed by atoms with Crippen LogP contribution in [0.3, 0.4) is 0 Å². The van der Waals surface area contributed by atoms with Crippen molar-refractivity contribution in [2.75, 3.05) is 5.32 Å². The lowest BCUT2D eigenvalue weighted by atomic mass is 9.82. The molecule has 1 heterocycles. The molecule has 0 unspecified atom stereocenters. The summed E-state index contributed by atoms with van der Waals surface area (Å²) in [4.78, 5) is 16.2. The second-order valence-corrected chi connectivity index (χ2v) is 9.03. The highest BCUT2D eigenvalue weighted by atomic mass is 35.5. The number of fused-ring (bicyclic) bond motifs is 1. The lowest BCUT2D eigenvalue weighted by Crippen LogP contribution is -2.40. The number of halogens is 4. The van der Waals surface area contributed by atoms with Crippen molar-refractivity contribution in [2.24, 2.45) is 5.92 Å². The number of pyridine rings is 1. The van der Waals surface area contributed by atoms with Gasteiger partial charge in [-0.2, -0.15) is 13.2 Å².